The summed E-state index contributed by atoms with van der Waals surface area (Å²) in [4.78, 5) is 4.14. The lowest BCUT2D eigenvalue weighted by Crippen LogP contribution is -2.08. The summed E-state index contributed by atoms with van der Waals surface area (Å²) >= 11 is 0. The normalized spacial score (nSPS) is 13.3. The smallest absolute Gasteiger partial charge is 0.0632 e. The van der Waals surface area contributed by atoms with Gasteiger partial charge in [0.1, 0.15) is 0 Å². The van der Waals surface area contributed by atoms with Gasteiger partial charge in [-0.1, -0.05) is 60.7 Å². The van der Waals surface area contributed by atoms with Gasteiger partial charge in [0.05, 0.1) is 6.54 Å². The molecule has 0 atom stereocenters. The van der Waals surface area contributed by atoms with Crippen molar-refractivity contribution in [1.29, 1.82) is 0 Å². The molecule has 0 fully saturated rings. The first kappa shape index (κ1) is 17.4. The quantitative estimate of drug-likeness (QED) is 0.326. The largest absolute Gasteiger partial charge is 0.387 e. The SMILES string of the molecule is C=NCc1cc(C2=CNCC=C2)cc(-c2cc3ccccc3c3ccccc23)c1. The highest BCUT2D eigenvalue weighted by Crippen LogP contribution is 2.36. The van der Waals surface area contributed by atoms with E-state index < -0.39 is 0 Å². The zero-order valence-electron chi connectivity index (χ0n) is 16.2. The lowest BCUT2D eigenvalue weighted by Gasteiger charge is -2.15. The monoisotopic (exact) mass is 374 g/mol. The second kappa shape index (κ2) is 7.40. The molecule has 0 unspecified atom stereocenters. The third-order valence-electron chi connectivity index (χ3n) is 5.49. The number of hydrogen-bond acceptors (Lipinski definition) is 2. The van der Waals surface area contributed by atoms with Crippen LogP contribution in [0, 0.1) is 0 Å². The fraction of sp³-hybridized carbons (Fsp3) is 0.0741. The Morgan fingerprint density at radius 3 is 2.38 bits per heavy atom. The summed E-state index contributed by atoms with van der Waals surface area (Å²) in [6, 6.07) is 26.3. The fourth-order valence-corrected chi connectivity index (χ4v) is 4.18. The Labute approximate surface area is 170 Å². The van der Waals surface area contributed by atoms with Crippen LogP contribution >= 0.6 is 0 Å². The van der Waals surface area contributed by atoms with Crippen LogP contribution in [0.1, 0.15) is 11.1 Å². The van der Waals surface area contributed by atoms with Crippen LogP contribution in [0.4, 0.5) is 0 Å². The molecule has 1 aliphatic heterocycles. The topological polar surface area (TPSA) is 24.4 Å². The number of hydrogen-bond donors (Lipinski definition) is 1. The summed E-state index contributed by atoms with van der Waals surface area (Å²) in [5.41, 5.74) is 6.02. The lowest BCUT2D eigenvalue weighted by atomic mass is 9.90. The van der Waals surface area contributed by atoms with Crippen LogP contribution in [0.3, 0.4) is 0 Å². The average Bonchev–Trinajstić information content (AvgIpc) is 2.79. The molecule has 2 heteroatoms. The molecule has 4 aromatic rings. The first-order chi connectivity index (χ1) is 14.3. The minimum Gasteiger partial charge on any atom is -0.387 e. The molecule has 1 aliphatic rings. The van der Waals surface area contributed by atoms with Crippen LogP contribution < -0.4 is 5.32 Å². The Balaban J connectivity index is 1.79. The van der Waals surface area contributed by atoms with Crippen molar-refractivity contribution in [3.8, 4) is 11.1 Å². The number of fused-ring (bicyclic) bond motifs is 3. The number of allylic oxidation sites excluding steroid dienone is 2. The van der Waals surface area contributed by atoms with Gasteiger partial charge < -0.3 is 5.32 Å². The Morgan fingerprint density at radius 1 is 0.828 bits per heavy atom. The van der Waals surface area contributed by atoms with Crippen molar-refractivity contribution in [2.45, 2.75) is 6.54 Å². The molecule has 4 aromatic carbocycles. The number of nitrogens with one attached hydrogen (secondary N) is 1. The van der Waals surface area contributed by atoms with Gasteiger partial charge >= 0.3 is 0 Å². The van der Waals surface area contributed by atoms with E-state index in [1.807, 2.05) is 0 Å². The molecule has 0 aromatic heterocycles. The summed E-state index contributed by atoms with van der Waals surface area (Å²) in [5, 5.41) is 8.42. The van der Waals surface area contributed by atoms with Crippen LogP contribution in [0.5, 0.6) is 0 Å². The summed E-state index contributed by atoms with van der Waals surface area (Å²) in [5.74, 6) is 0. The number of benzene rings is 4. The maximum Gasteiger partial charge on any atom is 0.0632 e. The van der Waals surface area contributed by atoms with Crippen molar-refractivity contribution in [3.63, 3.8) is 0 Å². The molecule has 0 saturated heterocycles. The van der Waals surface area contributed by atoms with Crippen LogP contribution in [0.2, 0.25) is 0 Å². The van der Waals surface area contributed by atoms with Gasteiger partial charge in [-0.3, -0.25) is 4.99 Å². The zero-order chi connectivity index (χ0) is 19.6. The van der Waals surface area contributed by atoms with Crippen LogP contribution in [0.25, 0.3) is 38.2 Å². The average molecular weight is 374 g/mol. The highest BCUT2D eigenvalue weighted by atomic mass is 14.8. The molecule has 29 heavy (non-hydrogen) atoms. The zero-order valence-corrected chi connectivity index (χ0v) is 16.2. The molecule has 0 saturated carbocycles. The van der Waals surface area contributed by atoms with Gasteiger partial charge in [-0.15, -0.1) is 0 Å². The molecule has 0 amide bonds. The highest BCUT2D eigenvalue weighted by Gasteiger charge is 2.11. The van der Waals surface area contributed by atoms with Crippen molar-refractivity contribution in [2.75, 3.05) is 6.54 Å². The van der Waals surface area contributed by atoms with E-state index in [4.69, 9.17) is 0 Å². The summed E-state index contributed by atoms with van der Waals surface area (Å²) in [6.45, 7) is 5.18. The van der Waals surface area contributed by atoms with Crippen LogP contribution in [-0.4, -0.2) is 13.3 Å². The number of dihydropyridines is 1. The molecule has 0 bridgehead atoms. The van der Waals surface area contributed by atoms with Gasteiger partial charge in [-0.05, 0) is 80.4 Å². The second-order valence-electron chi connectivity index (χ2n) is 7.40. The maximum atomic E-state index is 4.14. The molecule has 0 aliphatic carbocycles. The highest BCUT2D eigenvalue weighted by molar-refractivity contribution is 6.13. The summed E-state index contributed by atoms with van der Waals surface area (Å²) < 4.78 is 0. The van der Waals surface area contributed by atoms with E-state index in [9.17, 15) is 0 Å². The van der Waals surface area contributed by atoms with Gasteiger partial charge in [0, 0.05) is 12.7 Å². The number of rotatable bonds is 4. The Hall–Kier alpha value is -3.65. The van der Waals surface area contributed by atoms with Crippen molar-refractivity contribution in [1.82, 2.24) is 5.32 Å². The van der Waals surface area contributed by atoms with E-state index in [0.717, 1.165) is 6.54 Å². The van der Waals surface area contributed by atoms with Gasteiger partial charge in [-0.25, -0.2) is 0 Å². The standard InChI is InChI=1S/C27H22N2/c1-28-17-19-13-22(21-8-6-12-29-18-21)15-23(14-19)27-16-20-7-2-3-9-24(20)25-10-4-5-11-26(25)27/h2-11,13-16,18,29H,1,12,17H2. The molecule has 5 rings (SSSR count). The predicted octanol–water partition coefficient (Wildman–Crippen LogP) is 6.36. The van der Waals surface area contributed by atoms with E-state index in [1.165, 1.54) is 49.4 Å². The predicted molar refractivity (Wildman–Crippen MR) is 125 cm³/mol. The Morgan fingerprint density at radius 2 is 1.59 bits per heavy atom. The molecule has 0 radical (unpaired) electrons. The molecule has 1 heterocycles. The Kier molecular flexibility index (Phi) is 4.45. The van der Waals surface area contributed by atoms with Crippen molar-refractivity contribution >= 4 is 33.8 Å². The first-order valence-corrected chi connectivity index (χ1v) is 9.91. The Bertz CT molecular complexity index is 1290. The van der Waals surface area contributed by atoms with Crippen molar-refractivity contribution in [3.05, 3.63) is 102 Å². The number of aliphatic imine (C=N–C) groups is 1. The van der Waals surface area contributed by atoms with Gasteiger partial charge in [0.25, 0.3) is 0 Å². The van der Waals surface area contributed by atoms with Gasteiger partial charge in [-0.2, -0.15) is 0 Å². The molecule has 1 N–H and O–H groups in total. The van der Waals surface area contributed by atoms with E-state index in [1.54, 1.807) is 0 Å². The van der Waals surface area contributed by atoms with E-state index in [2.05, 4.69) is 108 Å². The lowest BCUT2D eigenvalue weighted by molar-refractivity contribution is 0.976. The van der Waals surface area contributed by atoms with Crippen LogP contribution in [-0.2, 0) is 6.54 Å². The minimum atomic E-state index is 0.608. The fourth-order valence-electron chi connectivity index (χ4n) is 4.18. The van der Waals surface area contributed by atoms with E-state index in [0.29, 0.717) is 6.54 Å². The van der Waals surface area contributed by atoms with Crippen LogP contribution in [0.15, 0.2) is 96.1 Å². The van der Waals surface area contributed by atoms with E-state index in [-0.39, 0.29) is 0 Å². The first-order valence-electron chi connectivity index (χ1n) is 9.91. The van der Waals surface area contributed by atoms with Gasteiger partial charge in [0.2, 0.25) is 0 Å². The molecule has 2 nitrogen and oxygen atoms in total. The molecular formula is C27H22N2. The second-order valence-corrected chi connectivity index (χ2v) is 7.40. The third kappa shape index (κ3) is 3.23. The van der Waals surface area contributed by atoms with Crippen molar-refractivity contribution < 1.29 is 0 Å². The minimum absolute atomic E-state index is 0.608. The summed E-state index contributed by atoms with van der Waals surface area (Å²) in [6.07, 6.45) is 6.42. The number of nitrogens with zero attached hydrogens (tertiary/aromatic N) is 1. The molecule has 140 valence electrons. The van der Waals surface area contributed by atoms with Gasteiger partial charge in [0.15, 0.2) is 0 Å². The summed E-state index contributed by atoms with van der Waals surface area (Å²) in [7, 11) is 0. The molecule has 0 spiro atoms. The third-order valence-corrected chi connectivity index (χ3v) is 5.49. The van der Waals surface area contributed by atoms with E-state index >= 15 is 0 Å². The maximum absolute atomic E-state index is 4.14. The van der Waals surface area contributed by atoms with Crippen molar-refractivity contribution in [2.24, 2.45) is 4.99 Å². The molecular weight excluding hydrogens is 352 g/mol.